The summed E-state index contributed by atoms with van der Waals surface area (Å²) in [4.78, 5) is 0. The first-order chi connectivity index (χ1) is 9.02. The van der Waals surface area contributed by atoms with Gasteiger partial charge in [0, 0.05) is 17.1 Å². The molecule has 1 nitrogen and oxygen atoms in total. The quantitative estimate of drug-likeness (QED) is 0.858. The summed E-state index contributed by atoms with van der Waals surface area (Å²) >= 11 is 6.46. The van der Waals surface area contributed by atoms with Gasteiger partial charge in [0.25, 0.3) is 0 Å². The Morgan fingerprint density at radius 3 is 2.16 bits per heavy atom. The molecular weight excluding hydrogens is 254 g/mol. The molecule has 0 aliphatic carbocycles. The topological polar surface area (TPSA) is 12.0 Å². The van der Waals surface area contributed by atoms with Crippen molar-refractivity contribution < 1.29 is 0 Å². The Balaban J connectivity index is 2.53. The Bertz CT molecular complexity index is 579. The Labute approximate surface area is 120 Å². The highest BCUT2D eigenvalue weighted by molar-refractivity contribution is 6.33. The van der Waals surface area contributed by atoms with Crippen LogP contribution in [0.5, 0.6) is 0 Å². The highest BCUT2D eigenvalue weighted by Crippen LogP contribution is 2.34. The molecule has 0 saturated carbocycles. The number of hydrogen-bond donors (Lipinski definition) is 1. The van der Waals surface area contributed by atoms with Gasteiger partial charge in [-0.2, -0.15) is 0 Å². The van der Waals surface area contributed by atoms with E-state index in [0.717, 1.165) is 17.1 Å². The van der Waals surface area contributed by atoms with Gasteiger partial charge in [0.15, 0.2) is 0 Å². The summed E-state index contributed by atoms with van der Waals surface area (Å²) in [7, 11) is 1.94. The van der Waals surface area contributed by atoms with Crippen LogP contribution in [0.1, 0.15) is 22.3 Å². The van der Waals surface area contributed by atoms with Gasteiger partial charge in [-0.05, 0) is 56.1 Å². The van der Waals surface area contributed by atoms with Crippen molar-refractivity contribution in [1.29, 1.82) is 0 Å². The van der Waals surface area contributed by atoms with Crippen molar-refractivity contribution in [2.75, 3.05) is 7.05 Å². The van der Waals surface area contributed by atoms with Gasteiger partial charge in [-0.1, -0.05) is 41.4 Å². The summed E-state index contributed by atoms with van der Waals surface area (Å²) in [6.07, 6.45) is 0. The lowest BCUT2D eigenvalue weighted by atomic mass is 9.93. The van der Waals surface area contributed by atoms with Crippen LogP contribution in [0.2, 0.25) is 5.02 Å². The van der Waals surface area contributed by atoms with Crippen LogP contribution in [-0.4, -0.2) is 7.05 Å². The molecule has 0 radical (unpaired) electrons. The molecule has 19 heavy (non-hydrogen) atoms. The molecule has 2 heteroatoms. The monoisotopic (exact) mass is 273 g/mol. The average Bonchev–Trinajstić information content (AvgIpc) is 2.31. The van der Waals surface area contributed by atoms with Crippen LogP contribution in [0.15, 0.2) is 30.3 Å². The average molecular weight is 274 g/mol. The third kappa shape index (κ3) is 2.99. The summed E-state index contributed by atoms with van der Waals surface area (Å²) in [5, 5.41) is 3.96. The fourth-order valence-corrected chi connectivity index (χ4v) is 2.98. The van der Waals surface area contributed by atoms with Crippen LogP contribution in [0.4, 0.5) is 0 Å². The molecule has 0 aliphatic heterocycles. The van der Waals surface area contributed by atoms with E-state index in [-0.39, 0.29) is 0 Å². The first-order valence-electron chi connectivity index (χ1n) is 6.54. The first kappa shape index (κ1) is 14.1. The smallest absolute Gasteiger partial charge is 0.0487 e. The van der Waals surface area contributed by atoms with E-state index in [9.17, 15) is 0 Å². The second kappa shape index (κ2) is 5.77. The molecule has 0 saturated heterocycles. The van der Waals surface area contributed by atoms with E-state index in [1.54, 1.807) is 0 Å². The number of rotatable bonds is 3. The predicted molar refractivity (Wildman–Crippen MR) is 83.9 cm³/mol. The summed E-state index contributed by atoms with van der Waals surface area (Å²) < 4.78 is 0. The zero-order valence-electron chi connectivity index (χ0n) is 12.0. The standard InChI is InChI=1S/C17H20ClN/c1-11-7-12(2)17(13(3)8-11)15-6-5-14(10-19-4)9-16(15)18/h5-9,19H,10H2,1-4H3. The third-order valence-corrected chi connectivity index (χ3v) is 3.67. The molecule has 100 valence electrons. The van der Waals surface area contributed by atoms with Crippen molar-refractivity contribution in [2.24, 2.45) is 0 Å². The highest BCUT2D eigenvalue weighted by atomic mass is 35.5. The van der Waals surface area contributed by atoms with Crippen molar-refractivity contribution in [3.8, 4) is 11.1 Å². The van der Waals surface area contributed by atoms with Crippen LogP contribution >= 0.6 is 11.6 Å². The van der Waals surface area contributed by atoms with Gasteiger partial charge < -0.3 is 5.32 Å². The molecule has 0 aliphatic rings. The van der Waals surface area contributed by atoms with E-state index in [1.165, 1.54) is 27.8 Å². The minimum atomic E-state index is 0.822. The normalized spacial score (nSPS) is 10.8. The first-order valence-corrected chi connectivity index (χ1v) is 6.92. The minimum Gasteiger partial charge on any atom is -0.316 e. The third-order valence-electron chi connectivity index (χ3n) is 3.36. The number of nitrogens with one attached hydrogen (secondary N) is 1. The Kier molecular flexibility index (Phi) is 4.28. The van der Waals surface area contributed by atoms with Crippen molar-refractivity contribution >= 4 is 11.6 Å². The van der Waals surface area contributed by atoms with Crippen LogP contribution < -0.4 is 5.32 Å². The van der Waals surface area contributed by atoms with Gasteiger partial charge in [-0.3, -0.25) is 0 Å². The van der Waals surface area contributed by atoms with Crippen molar-refractivity contribution in [1.82, 2.24) is 5.32 Å². The number of benzene rings is 2. The lowest BCUT2D eigenvalue weighted by Gasteiger charge is -2.14. The van der Waals surface area contributed by atoms with Gasteiger partial charge in [0.2, 0.25) is 0 Å². The van der Waals surface area contributed by atoms with Crippen LogP contribution in [0.3, 0.4) is 0 Å². The Morgan fingerprint density at radius 1 is 1.00 bits per heavy atom. The molecule has 0 amide bonds. The van der Waals surface area contributed by atoms with E-state index in [0.29, 0.717) is 0 Å². The fraction of sp³-hybridized carbons (Fsp3) is 0.294. The molecule has 0 fully saturated rings. The lowest BCUT2D eigenvalue weighted by molar-refractivity contribution is 0.818. The molecule has 1 N–H and O–H groups in total. The molecule has 0 aromatic heterocycles. The zero-order chi connectivity index (χ0) is 14.0. The Hall–Kier alpha value is -1.31. The molecule has 2 aromatic carbocycles. The number of aryl methyl sites for hydroxylation is 3. The molecule has 0 spiro atoms. The van der Waals surface area contributed by atoms with Crippen molar-refractivity contribution in [3.63, 3.8) is 0 Å². The minimum absolute atomic E-state index is 0.822. The van der Waals surface area contributed by atoms with E-state index >= 15 is 0 Å². The molecule has 0 heterocycles. The van der Waals surface area contributed by atoms with E-state index in [1.807, 2.05) is 13.1 Å². The zero-order valence-corrected chi connectivity index (χ0v) is 12.7. The number of hydrogen-bond acceptors (Lipinski definition) is 1. The summed E-state index contributed by atoms with van der Waals surface area (Å²) in [5.74, 6) is 0. The summed E-state index contributed by atoms with van der Waals surface area (Å²) in [6.45, 7) is 7.26. The molecule has 0 unspecified atom stereocenters. The maximum atomic E-state index is 6.46. The maximum Gasteiger partial charge on any atom is 0.0487 e. The van der Waals surface area contributed by atoms with Gasteiger partial charge in [0.1, 0.15) is 0 Å². The summed E-state index contributed by atoms with van der Waals surface area (Å²) in [5.41, 5.74) is 7.44. The van der Waals surface area contributed by atoms with Gasteiger partial charge in [-0.25, -0.2) is 0 Å². The number of halogens is 1. The highest BCUT2D eigenvalue weighted by Gasteiger charge is 2.10. The molecule has 2 rings (SSSR count). The Morgan fingerprint density at radius 2 is 1.63 bits per heavy atom. The largest absolute Gasteiger partial charge is 0.316 e. The van der Waals surface area contributed by atoms with E-state index in [2.05, 4.69) is 50.4 Å². The summed E-state index contributed by atoms with van der Waals surface area (Å²) in [6, 6.07) is 10.7. The SMILES string of the molecule is CNCc1ccc(-c2c(C)cc(C)cc2C)c(Cl)c1. The molecule has 0 atom stereocenters. The second-order valence-electron chi connectivity index (χ2n) is 5.12. The van der Waals surface area contributed by atoms with E-state index in [4.69, 9.17) is 11.6 Å². The van der Waals surface area contributed by atoms with Gasteiger partial charge in [0.05, 0.1) is 0 Å². The van der Waals surface area contributed by atoms with E-state index < -0.39 is 0 Å². The van der Waals surface area contributed by atoms with Gasteiger partial charge >= 0.3 is 0 Å². The lowest BCUT2D eigenvalue weighted by Crippen LogP contribution is -2.04. The fourth-order valence-electron chi connectivity index (χ4n) is 2.68. The molecular formula is C17H20ClN. The van der Waals surface area contributed by atoms with Crippen LogP contribution in [0.25, 0.3) is 11.1 Å². The molecule has 0 bridgehead atoms. The maximum absolute atomic E-state index is 6.46. The molecule has 2 aromatic rings. The predicted octanol–water partition coefficient (Wildman–Crippen LogP) is 4.65. The van der Waals surface area contributed by atoms with Crippen molar-refractivity contribution in [3.05, 3.63) is 57.6 Å². The van der Waals surface area contributed by atoms with Crippen LogP contribution in [-0.2, 0) is 6.54 Å². The second-order valence-corrected chi connectivity index (χ2v) is 5.53. The van der Waals surface area contributed by atoms with Gasteiger partial charge in [-0.15, -0.1) is 0 Å². The van der Waals surface area contributed by atoms with Crippen LogP contribution in [0, 0.1) is 20.8 Å². The van der Waals surface area contributed by atoms with Crippen molar-refractivity contribution in [2.45, 2.75) is 27.3 Å².